The van der Waals surface area contributed by atoms with E-state index in [-0.39, 0.29) is 6.10 Å². The van der Waals surface area contributed by atoms with Crippen molar-refractivity contribution in [1.29, 1.82) is 5.26 Å². The number of hydrogen-bond acceptors (Lipinski definition) is 2. The van der Waals surface area contributed by atoms with Crippen LogP contribution in [0.2, 0.25) is 0 Å². The molecule has 2 nitrogen and oxygen atoms in total. The minimum atomic E-state index is -0.181. The van der Waals surface area contributed by atoms with Gasteiger partial charge in [-0.1, -0.05) is 13.3 Å². The highest BCUT2D eigenvalue weighted by molar-refractivity contribution is 4.82. The van der Waals surface area contributed by atoms with Gasteiger partial charge in [-0.05, 0) is 13.3 Å². The number of rotatable bonds is 4. The van der Waals surface area contributed by atoms with Crippen molar-refractivity contribution in [3.8, 4) is 6.07 Å². The molecule has 0 saturated carbocycles. The summed E-state index contributed by atoms with van der Waals surface area (Å²) in [7, 11) is 0. The lowest BCUT2D eigenvalue weighted by Gasteiger charge is -2.05. The van der Waals surface area contributed by atoms with E-state index in [1.807, 2.05) is 13.8 Å². The molecule has 0 aliphatic carbocycles. The van der Waals surface area contributed by atoms with Crippen LogP contribution in [0, 0.1) is 11.3 Å². The van der Waals surface area contributed by atoms with Gasteiger partial charge in [0.2, 0.25) is 0 Å². The van der Waals surface area contributed by atoms with Crippen LogP contribution >= 0.6 is 0 Å². The van der Waals surface area contributed by atoms with Crippen molar-refractivity contribution >= 4 is 0 Å². The van der Waals surface area contributed by atoms with Crippen LogP contribution in [0.15, 0.2) is 0 Å². The Morgan fingerprint density at radius 3 is 2.56 bits per heavy atom. The summed E-state index contributed by atoms with van der Waals surface area (Å²) in [5, 5.41) is 8.41. The molecule has 0 saturated heterocycles. The molecule has 52 valence electrons. The van der Waals surface area contributed by atoms with Crippen LogP contribution in [-0.2, 0) is 4.74 Å². The number of nitriles is 1. The highest BCUT2D eigenvalue weighted by atomic mass is 16.5. The standard InChI is InChI=1S/C7H13NO/c1-3-5-7(6-8)9-4-2/h7H,3-5H2,1-2H3. The van der Waals surface area contributed by atoms with Gasteiger partial charge >= 0.3 is 0 Å². The first-order chi connectivity index (χ1) is 4.35. The summed E-state index contributed by atoms with van der Waals surface area (Å²) in [6.07, 6.45) is 1.68. The Kier molecular flexibility index (Phi) is 5.24. The Morgan fingerprint density at radius 2 is 2.22 bits per heavy atom. The lowest BCUT2D eigenvalue weighted by molar-refractivity contribution is 0.0949. The van der Waals surface area contributed by atoms with Crippen LogP contribution in [0.4, 0.5) is 0 Å². The molecule has 0 aromatic carbocycles. The summed E-state index contributed by atoms with van der Waals surface area (Å²) in [6, 6.07) is 2.08. The molecule has 0 bridgehead atoms. The van der Waals surface area contributed by atoms with E-state index in [0.717, 1.165) is 12.8 Å². The quantitative estimate of drug-likeness (QED) is 0.576. The number of ether oxygens (including phenoxy) is 1. The summed E-state index contributed by atoms with van der Waals surface area (Å²) < 4.78 is 5.07. The normalized spacial score (nSPS) is 12.6. The third kappa shape index (κ3) is 3.99. The summed E-state index contributed by atoms with van der Waals surface area (Å²) in [4.78, 5) is 0. The molecule has 0 rings (SSSR count). The van der Waals surface area contributed by atoms with Gasteiger partial charge < -0.3 is 4.74 Å². The third-order valence-electron chi connectivity index (χ3n) is 1.06. The number of nitrogens with zero attached hydrogens (tertiary/aromatic N) is 1. The molecule has 0 heterocycles. The summed E-state index contributed by atoms with van der Waals surface area (Å²) >= 11 is 0. The van der Waals surface area contributed by atoms with Crippen molar-refractivity contribution in [2.45, 2.75) is 32.8 Å². The van der Waals surface area contributed by atoms with E-state index in [0.29, 0.717) is 6.61 Å². The molecule has 0 aliphatic rings. The van der Waals surface area contributed by atoms with Crippen LogP contribution < -0.4 is 0 Å². The summed E-state index contributed by atoms with van der Waals surface area (Å²) in [5.74, 6) is 0. The molecular weight excluding hydrogens is 114 g/mol. The molecule has 0 amide bonds. The first-order valence-corrected chi connectivity index (χ1v) is 3.36. The van der Waals surface area contributed by atoms with Gasteiger partial charge in [0.1, 0.15) is 6.10 Å². The SMILES string of the molecule is CCCC(C#N)OCC. The zero-order chi connectivity index (χ0) is 7.11. The molecule has 0 aromatic heterocycles. The maximum absolute atomic E-state index is 8.41. The van der Waals surface area contributed by atoms with E-state index >= 15 is 0 Å². The fourth-order valence-electron chi connectivity index (χ4n) is 0.649. The Bertz CT molecular complexity index is 89.6. The Balaban J connectivity index is 3.32. The van der Waals surface area contributed by atoms with Gasteiger partial charge in [-0.25, -0.2) is 0 Å². The van der Waals surface area contributed by atoms with Gasteiger partial charge in [0.05, 0.1) is 6.07 Å². The maximum atomic E-state index is 8.41. The monoisotopic (exact) mass is 127 g/mol. The van der Waals surface area contributed by atoms with Gasteiger partial charge in [0, 0.05) is 6.61 Å². The largest absolute Gasteiger partial charge is 0.364 e. The van der Waals surface area contributed by atoms with E-state index in [1.54, 1.807) is 0 Å². The fourth-order valence-corrected chi connectivity index (χ4v) is 0.649. The Labute approximate surface area is 56.4 Å². The predicted molar refractivity (Wildman–Crippen MR) is 35.9 cm³/mol. The average molecular weight is 127 g/mol. The molecule has 0 fully saturated rings. The van der Waals surface area contributed by atoms with Crippen LogP contribution in [0.25, 0.3) is 0 Å². The van der Waals surface area contributed by atoms with E-state index in [9.17, 15) is 0 Å². The highest BCUT2D eigenvalue weighted by Gasteiger charge is 2.02. The highest BCUT2D eigenvalue weighted by Crippen LogP contribution is 1.99. The number of hydrogen-bond donors (Lipinski definition) is 0. The van der Waals surface area contributed by atoms with Crippen LogP contribution in [0.5, 0.6) is 0 Å². The summed E-state index contributed by atoms with van der Waals surface area (Å²) in [5.41, 5.74) is 0. The van der Waals surface area contributed by atoms with Crippen LogP contribution in [0.3, 0.4) is 0 Å². The van der Waals surface area contributed by atoms with Crippen molar-refractivity contribution in [3.05, 3.63) is 0 Å². The van der Waals surface area contributed by atoms with Crippen molar-refractivity contribution in [1.82, 2.24) is 0 Å². The smallest absolute Gasteiger partial charge is 0.143 e. The topological polar surface area (TPSA) is 33.0 Å². The van der Waals surface area contributed by atoms with Crippen molar-refractivity contribution in [2.75, 3.05) is 6.61 Å². The van der Waals surface area contributed by atoms with Crippen LogP contribution in [0.1, 0.15) is 26.7 Å². The first-order valence-electron chi connectivity index (χ1n) is 3.36. The molecule has 0 N–H and O–H groups in total. The molecule has 9 heavy (non-hydrogen) atoms. The first kappa shape index (κ1) is 8.45. The molecule has 0 aromatic rings. The Hall–Kier alpha value is -0.550. The minimum Gasteiger partial charge on any atom is -0.364 e. The molecule has 1 unspecified atom stereocenters. The second kappa shape index (κ2) is 5.58. The lowest BCUT2D eigenvalue weighted by Crippen LogP contribution is -2.08. The van der Waals surface area contributed by atoms with Gasteiger partial charge in [0.15, 0.2) is 0 Å². The van der Waals surface area contributed by atoms with Gasteiger partial charge in [-0.3, -0.25) is 0 Å². The van der Waals surface area contributed by atoms with Gasteiger partial charge in [-0.15, -0.1) is 0 Å². The molecule has 0 aliphatic heterocycles. The molecule has 0 radical (unpaired) electrons. The average Bonchev–Trinajstić information content (AvgIpc) is 1.88. The molecule has 2 heteroatoms. The molecule has 1 atom stereocenters. The molecule has 0 spiro atoms. The third-order valence-corrected chi connectivity index (χ3v) is 1.06. The van der Waals surface area contributed by atoms with Gasteiger partial charge in [-0.2, -0.15) is 5.26 Å². The van der Waals surface area contributed by atoms with Crippen molar-refractivity contribution < 1.29 is 4.74 Å². The second-order valence-electron chi connectivity index (χ2n) is 1.86. The van der Waals surface area contributed by atoms with E-state index < -0.39 is 0 Å². The lowest BCUT2D eigenvalue weighted by atomic mass is 10.2. The zero-order valence-corrected chi connectivity index (χ0v) is 6.05. The fraction of sp³-hybridized carbons (Fsp3) is 0.857. The molecular formula is C7H13NO. The van der Waals surface area contributed by atoms with E-state index in [2.05, 4.69) is 6.07 Å². The van der Waals surface area contributed by atoms with Crippen molar-refractivity contribution in [3.63, 3.8) is 0 Å². The predicted octanol–water partition coefficient (Wildman–Crippen LogP) is 1.72. The minimum absolute atomic E-state index is 0.181. The summed E-state index contributed by atoms with van der Waals surface area (Å²) in [6.45, 7) is 4.58. The van der Waals surface area contributed by atoms with Crippen LogP contribution in [-0.4, -0.2) is 12.7 Å². The van der Waals surface area contributed by atoms with E-state index in [4.69, 9.17) is 10.00 Å². The van der Waals surface area contributed by atoms with Crippen molar-refractivity contribution in [2.24, 2.45) is 0 Å². The second-order valence-corrected chi connectivity index (χ2v) is 1.86. The maximum Gasteiger partial charge on any atom is 0.143 e. The zero-order valence-electron chi connectivity index (χ0n) is 6.05. The van der Waals surface area contributed by atoms with E-state index in [1.165, 1.54) is 0 Å². The Morgan fingerprint density at radius 1 is 1.56 bits per heavy atom. The van der Waals surface area contributed by atoms with Gasteiger partial charge in [0.25, 0.3) is 0 Å².